The molecule has 0 amide bonds. The van der Waals surface area contributed by atoms with Crippen LogP contribution in [-0.4, -0.2) is 33.4 Å². The zero-order chi connectivity index (χ0) is 14.7. The van der Waals surface area contributed by atoms with Crippen molar-refractivity contribution in [2.75, 3.05) is 32.1 Å². The third-order valence-corrected chi connectivity index (χ3v) is 4.74. The van der Waals surface area contributed by atoms with E-state index < -0.39 is 0 Å². The van der Waals surface area contributed by atoms with E-state index in [-0.39, 0.29) is 6.10 Å². The van der Waals surface area contributed by atoms with Gasteiger partial charge in [-0.3, -0.25) is 0 Å². The number of hydrogen-bond acceptors (Lipinski definition) is 3. The molecule has 0 radical (unpaired) electrons. The van der Waals surface area contributed by atoms with Gasteiger partial charge in [0.2, 0.25) is 0 Å². The first kappa shape index (κ1) is 15.6. The Hall–Kier alpha value is -0.770. The summed E-state index contributed by atoms with van der Waals surface area (Å²) in [5.74, 6) is 0.610. The molecule has 0 spiro atoms. The van der Waals surface area contributed by atoms with Crippen LogP contribution in [0.15, 0.2) is 18.2 Å². The Morgan fingerprint density at radius 1 is 1.45 bits per heavy atom. The molecule has 1 saturated heterocycles. The number of ether oxygens (including phenoxy) is 1. The van der Waals surface area contributed by atoms with E-state index in [2.05, 4.69) is 42.3 Å². The van der Waals surface area contributed by atoms with Crippen molar-refractivity contribution in [3.8, 4) is 0 Å². The highest BCUT2D eigenvalue weighted by atomic mass is 35.5. The van der Waals surface area contributed by atoms with Crippen LogP contribution in [0, 0.1) is 5.92 Å². The SMILES string of the molecule is CNC(C)c1ccc(N2CCC(C)C(OC)C2)c(Cl)c1. The number of nitrogens with zero attached hydrogens (tertiary/aromatic N) is 1. The molecule has 0 bridgehead atoms. The van der Waals surface area contributed by atoms with Crippen molar-refractivity contribution in [1.82, 2.24) is 5.32 Å². The second-order valence-corrected chi connectivity index (χ2v) is 6.11. The fourth-order valence-electron chi connectivity index (χ4n) is 2.78. The first-order valence-corrected chi connectivity index (χ1v) is 7.69. The molecule has 1 aliphatic rings. The van der Waals surface area contributed by atoms with Gasteiger partial charge in [-0.25, -0.2) is 0 Å². The van der Waals surface area contributed by atoms with Gasteiger partial charge in [0.15, 0.2) is 0 Å². The summed E-state index contributed by atoms with van der Waals surface area (Å²) in [6.07, 6.45) is 1.43. The van der Waals surface area contributed by atoms with Gasteiger partial charge in [-0.1, -0.05) is 24.6 Å². The van der Waals surface area contributed by atoms with Gasteiger partial charge in [0.1, 0.15) is 0 Å². The number of rotatable bonds is 4. The van der Waals surface area contributed by atoms with Gasteiger partial charge in [-0.2, -0.15) is 0 Å². The fourth-order valence-corrected chi connectivity index (χ4v) is 3.08. The van der Waals surface area contributed by atoms with Crippen molar-refractivity contribution in [3.05, 3.63) is 28.8 Å². The lowest BCUT2D eigenvalue weighted by molar-refractivity contribution is 0.0498. The van der Waals surface area contributed by atoms with Crippen molar-refractivity contribution in [3.63, 3.8) is 0 Å². The molecule has 112 valence electrons. The average molecular weight is 297 g/mol. The second kappa shape index (κ2) is 6.79. The van der Waals surface area contributed by atoms with E-state index in [1.165, 1.54) is 5.56 Å². The van der Waals surface area contributed by atoms with Gasteiger partial charge in [0.05, 0.1) is 16.8 Å². The summed E-state index contributed by atoms with van der Waals surface area (Å²) < 4.78 is 5.58. The lowest BCUT2D eigenvalue weighted by Gasteiger charge is -2.38. The molecule has 1 heterocycles. The first-order chi connectivity index (χ1) is 9.56. The third kappa shape index (κ3) is 3.27. The minimum atomic E-state index is 0.288. The molecule has 2 rings (SSSR count). The van der Waals surface area contributed by atoms with Crippen LogP contribution < -0.4 is 10.2 Å². The van der Waals surface area contributed by atoms with Gasteiger partial charge in [0.25, 0.3) is 0 Å². The highest BCUT2D eigenvalue weighted by Gasteiger charge is 2.27. The smallest absolute Gasteiger partial charge is 0.0772 e. The van der Waals surface area contributed by atoms with Crippen molar-refractivity contribution >= 4 is 17.3 Å². The maximum absolute atomic E-state index is 6.48. The molecule has 0 saturated carbocycles. The molecule has 1 aliphatic heterocycles. The Labute approximate surface area is 127 Å². The Bertz CT molecular complexity index is 452. The zero-order valence-electron chi connectivity index (χ0n) is 12.8. The van der Waals surface area contributed by atoms with Crippen molar-refractivity contribution in [1.29, 1.82) is 0 Å². The summed E-state index contributed by atoms with van der Waals surface area (Å²) in [4.78, 5) is 2.34. The summed E-state index contributed by atoms with van der Waals surface area (Å²) >= 11 is 6.48. The van der Waals surface area contributed by atoms with Crippen molar-refractivity contribution in [2.24, 2.45) is 5.92 Å². The van der Waals surface area contributed by atoms with Gasteiger partial charge in [0, 0.05) is 26.2 Å². The van der Waals surface area contributed by atoms with E-state index >= 15 is 0 Å². The Kier molecular flexibility index (Phi) is 5.30. The molecule has 0 aromatic heterocycles. The largest absolute Gasteiger partial charge is 0.379 e. The van der Waals surface area contributed by atoms with Crippen LogP contribution in [0.2, 0.25) is 5.02 Å². The van der Waals surface area contributed by atoms with E-state index in [4.69, 9.17) is 16.3 Å². The van der Waals surface area contributed by atoms with E-state index in [1.807, 2.05) is 7.05 Å². The lowest BCUT2D eigenvalue weighted by Crippen LogP contribution is -2.44. The highest BCUT2D eigenvalue weighted by Crippen LogP contribution is 2.32. The molecule has 1 fully saturated rings. The van der Waals surface area contributed by atoms with Crippen LogP contribution in [0.4, 0.5) is 5.69 Å². The number of piperidine rings is 1. The van der Waals surface area contributed by atoms with Crippen LogP contribution in [0.5, 0.6) is 0 Å². The van der Waals surface area contributed by atoms with Crippen LogP contribution in [0.3, 0.4) is 0 Å². The predicted octanol–water partition coefficient (Wildman–Crippen LogP) is 3.48. The van der Waals surface area contributed by atoms with E-state index in [0.29, 0.717) is 12.0 Å². The molecule has 0 aliphatic carbocycles. The molecule has 4 heteroatoms. The maximum atomic E-state index is 6.48. The van der Waals surface area contributed by atoms with Crippen LogP contribution in [0.25, 0.3) is 0 Å². The second-order valence-electron chi connectivity index (χ2n) is 5.71. The average Bonchev–Trinajstić information content (AvgIpc) is 2.47. The molecule has 20 heavy (non-hydrogen) atoms. The minimum absolute atomic E-state index is 0.288. The number of benzene rings is 1. The molecule has 1 aromatic carbocycles. The topological polar surface area (TPSA) is 24.5 Å². The molecule has 3 unspecified atom stereocenters. The summed E-state index contributed by atoms with van der Waals surface area (Å²) in [7, 11) is 3.76. The van der Waals surface area contributed by atoms with Crippen LogP contribution >= 0.6 is 11.6 Å². The van der Waals surface area contributed by atoms with Crippen LogP contribution in [0.1, 0.15) is 31.9 Å². The number of methoxy groups -OCH3 is 1. The number of halogens is 1. The summed E-state index contributed by atoms with van der Waals surface area (Å²) in [6, 6.07) is 6.67. The summed E-state index contributed by atoms with van der Waals surface area (Å²) in [5, 5.41) is 4.06. The maximum Gasteiger partial charge on any atom is 0.0772 e. The quantitative estimate of drug-likeness (QED) is 0.920. The van der Waals surface area contributed by atoms with Crippen molar-refractivity contribution < 1.29 is 4.74 Å². The van der Waals surface area contributed by atoms with Crippen molar-refractivity contribution in [2.45, 2.75) is 32.4 Å². The summed E-state index contributed by atoms with van der Waals surface area (Å²) in [6.45, 7) is 6.35. The molecular formula is C16H25ClN2O. The normalized spacial score (nSPS) is 24.8. The monoisotopic (exact) mass is 296 g/mol. The Morgan fingerprint density at radius 3 is 2.80 bits per heavy atom. The summed E-state index contributed by atoms with van der Waals surface area (Å²) in [5.41, 5.74) is 2.34. The van der Waals surface area contributed by atoms with Gasteiger partial charge in [-0.05, 0) is 44.0 Å². The van der Waals surface area contributed by atoms with Gasteiger partial charge >= 0.3 is 0 Å². The molecule has 1 aromatic rings. The molecular weight excluding hydrogens is 272 g/mol. The lowest BCUT2D eigenvalue weighted by atomic mass is 9.95. The number of anilines is 1. The highest BCUT2D eigenvalue weighted by molar-refractivity contribution is 6.33. The zero-order valence-corrected chi connectivity index (χ0v) is 13.6. The Morgan fingerprint density at radius 2 is 2.20 bits per heavy atom. The van der Waals surface area contributed by atoms with Crippen LogP contribution in [-0.2, 0) is 4.74 Å². The van der Waals surface area contributed by atoms with E-state index in [1.54, 1.807) is 7.11 Å². The predicted molar refractivity (Wildman–Crippen MR) is 85.7 cm³/mol. The third-order valence-electron chi connectivity index (χ3n) is 4.44. The molecule has 3 nitrogen and oxygen atoms in total. The van der Waals surface area contributed by atoms with Gasteiger partial charge in [-0.15, -0.1) is 0 Å². The Balaban J connectivity index is 2.17. The fraction of sp³-hybridized carbons (Fsp3) is 0.625. The number of nitrogens with one attached hydrogen (secondary N) is 1. The van der Waals surface area contributed by atoms with Gasteiger partial charge < -0.3 is 15.0 Å². The minimum Gasteiger partial charge on any atom is -0.379 e. The standard InChI is InChI=1S/C16H25ClN2O/c1-11-7-8-19(10-16(11)20-4)15-6-5-13(9-14(15)17)12(2)18-3/h5-6,9,11-12,16,18H,7-8,10H2,1-4H3. The van der Waals surface area contributed by atoms with E-state index in [9.17, 15) is 0 Å². The first-order valence-electron chi connectivity index (χ1n) is 7.31. The molecule has 3 atom stereocenters. The van der Waals surface area contributed by atoms with E-state index in [0.717, 1.165) is 30.2 Å². The molecule has 1 N–H and O–H groups in total. The number of hydrogen-bond donors (Lipinski definition) is 1.